The molecule has 1 aromatic rings. The molecule has 18 heavy (non-hydrogen) atoms. The van der Waals surface area contributed by atoms with Crippen LogP contribution in [0.15, 0.2) is 18.6 Å². The summed E-state index contributed by atoms with van der Waals surface area (Å²) in [5, 5.41) is 0.716. The zero-order chi connectivity index (χ0) is 12.5. The monoisotopic (exact) mass is 263 g/mol. The highest BCUT2D eigenvalue weighted by Crippen LogP contribution is 2.40. The minimum atomic E-state index is 0.0650. The Labute approximate surface area is 111 Å². The third-order valence-electron chi connectivity index (χ3n) is 4.04. The summed E-state index contributed by atoms with van der Waals surface area (Å²) in [6, 6.07) is 0.825. The minimum absolute atomic E-state index is 0.0650. The van der Waals surface area contributed by atoms with Crippen molar-refractivity contribution in [2.75, 3.05) is 6.26 Å². The highest BCUT2D eigenvalue weighted by atomic mass is 32.2. The highest BCUT2D eigenvalue weighted by molar-refractivity contribution is 7.99. The molecule has 1 amide bonds. The van der Waals surface area contributed by atoms with E-state index in [-0.39, 0.29) is 5.91 Å². The molecule has 0 N–H and O–H groups in total. The number of aromatic nitrogens is 2. The zero-order valence-corrected chi connectivity index (χ0v) is 11.3. The average molecular weight is 263 g/mol. The van der Waals surface area contributed by atoms with Crippen molar-refractivity contribution in [3.63, 3.8) is 0 Å². The van der Waals surface area contributed by atoms with Gasteiger partial charge >= 0.3 is 0 Å². The van der Waals surface area contributed by atoms with Gasteiger partial charge in [-0.05, 0) is 31.9 Å². The smallest absolute Gasteiger partial charge is 0.274 e. The highest BCUT2D eigenvalue weighted by Gasteiger charge is 2.43. The molecular weight excluding hydrogens is 246 g/mol. The average Bonchev–Trinajstić information content (AvgIpc) is 2.69. The molecule has 2 atom stereocenters. The van der Waals surface area contributed by atoms with Crippen LogP contribution in [0.5, 0.6) is 0 Å². The number of carbonyl (C=O) groups excluding carboxylic acids is 1. The third-order valence-corrected chi connectivity index (χ3v) is 5.09. The molecule has 0 spiro atoms. The fraction of sp³-hybridized carbons (Fsp3) is 0.615. The predicted molar refractivity (Wildman–Crippen MR) is 71.5 cm³/mol. The number of carbonyl (C=O) groups is 1. The topological polar surface area (TPSA) is 46.1 Å². The predicted octanol–water partition coefficient (Wildman–Crippen LogP) is 1.98. The van der Waals surface area contributed by atoms with Crippen LogP contribution in [0.25, 0.3) is 0 Å². The summed E-state index contributed by atoms with van der Waals surface area (Å²) in [5.41, 5.74) is 0.483. The van der Waals surface area contributed by atoms with Crippen molar-refractivity contribution in [3.05, 3.63) is 24.3 Å². The number of rotatable bonds is 2. The van der Waals surface area contributed by atoms with Gasteiger partial charge in [-0.2, -0.15) is 11.8 Å². The lowest BCUT2D eigenvalue weighted by molar-refractivity contribution is 0.0595. The lowest BCUT2D eigenvalue weighted by Crippen LogP contribution is -2.47. The molecule has 2 saturated heterocycles. The van der Waals surface area contributed by atoms with Gasteiger partial charge in [-0.1, -0.05) is 0 Å². The van der Waals surface area contributed by atoms with E-state index in [4.69, 9.17) is 0 Å². The molecule has 2 fully saturated rings. The molecule has 2 aliphatic rings. The van der Waals surface area contributed by atoms with Gasteiger partial charge in [0.1, 0.15) is 5.69 Å². The summed E-state index contributed by atoms with van der Waals surface area (Å²) >= 11 is 1.94. The molecule has 2 bridgehead atoms. The fourth-order valence-electron chi connectivity index (χ4n) is 3.19. The van der Waals surface area contributed by atoms with Crippen LogP contribution in [0.3, 0.4) is 0 Å². The Hall–Kier alpha value is -1.10. The largest absolute Gasteiger partial charge is 0.331 e. The first-order valence-corrected chi connectivity index (χ1v) is 7.70. The molecule has 3 rings (SSSR count). The fourth-order valence-corrected chi connectivity index (χ4v) is 4.02. The molecule has 2 unspecified atom stereocenters. The number of hydrogen-bond acceptors (Lipinski definition) is 4. The van der Waals surface area contributed by atoms with Crippen LogP contribution in [0.1, 0.15) is 36.2 Å². The third kappa shape index (κ3) is 2.00. The van der Waals surface area contributed by atoms with E-state index in [9.17, 15) is 4.79 Å². The second-order valence-electron chi connectivity index (χ2n) is 5.02. The molecule has 0 aliphatic carbocycles. The van der Waals surface area contributed by atoms with Crippen molar-refractivity contribution in [3.8, 4) is 0 Å². The van der Waals surface area contributed by atoms with E-state index in [2.05, 4.69) is 21.1 Å². The van der Waals surface area contributed by atoms with E-state index in [0.29, 0.717) is 23.0 Å². The van der Waals surface area contributed by atoms with Gasteiger partial charge in [0.2, 0.25) is 0 Å². The summed E-state index contributed by atoms with van der Waals surface area (Å²) in [7, 11) is 0. The summed E-state index contributed by atoms with van der Waals surface area (Å²) in [6.07, 6.45) is 11.5. The Morgan fingerprint density at radius 2 is 2.06 bits per heavy atom. The number of amides is 1. The lowest BCUT2D eigenvalue weighted by atomic mass is 10.0. The second-order valence-corrected chi connectivity index (χ2v) is 6.16. The van der Waals surface area contributed by atoms with Crippen molar-refractivity contribution in [2.45, 2.75) is 43.0 Å². The normalized spacial score (nSPS) is 30.5. The number of thioether (sulfide) groups is 1. The molecule has 1 aromatic heterocycles. The first kappa shape index (κ1) is 12.0. The van der Waals surface area contributed by atoms with E-state index in [1.807, 2.05) is 11.8 Å². The molecular formula is C13H17N3OS. The first-order valence-electron chi connectivity index (χ1n) is 6.41. The Kier molecular flexibility index (Phi) is 3.24. The number of nitrogens with zero attached hydrogens (tertiary/aromatic N) is 3. The molecule has 0 saturated carbocycles. The molecule has 2 aliphatic heterocycles. The van der Waals surface area contributed by atoms with Gasteiger partial charge in [-0.15, -0.1) is 0 Å². The quantitative estimate of drug-likeness (QED) is 0.818. The number of fused-ring (bicyclic) bond motifs is 2. The van der Waals surface area contributed by atoms with Gasteiger partial charge in [-0.25, -0.2) is 4.98 Å². The van der Waals surface area contributed by atoms with Crippen LogP contribution in [-0.4, -0.2) is 44.4 Å². The summed E-state index contributed by atoms with van der Waals surface area (Å²) in [6.45, 7) is 0. The van der Waals surface area contributed by atoms with Gasteiger partial charge in [0, 0.05) is 29.7 Å². The van der Waals surface area contributed by atoms with E-state index in [1.54, 1.807) is 18.6 Å². The Morgan fingerprint density at radius 1 is 1.33 bits per heavy atom. The van der Waals surface area contributed by atoms with Gasteiger partial charge in [0.05, 0.1) is 6.20 Å². The standard InChI is InChI=1S/C13H17N3OS/c1-18-11-6-9-2-3-10(7-11)16(9)13(17)12-8-14-4-5-15-12/h4-5,8-11H,2-3,6-7H2,1H3. The van der Waals surface area contributed by atoms with E-state index in [0.717, 1.165) is 25.7 Å². The SMILES string of the molecule is CSC1CC2CCC(C1)N2C(=O)c1cnccn1. The van der Waals surface area contributed by atoms with Gasteiger partial charge in [0.25, 0.3) is 5.91 Å². The van der Waals surface area contributed by atoms with Crippen molar-refractivity contribution < 1.29 is 4.79 Å². The van der Waals surface area contributed by atoms with E-state index in [1.165, 1.54) is 0 Å². The van der Waals surface area contributed by atoms with Crippen LogP contribution < -0.4 is 0 Å². The van der Waals surface area contributed by atoms with Crippen molar-refractivity contribution in [2.24, 2.45) is 0 Å². The van der Waals surface area contributed by atoms with E-state index >= 15 is 0 Å². The molecule has 4 nitrogen and oxygen atoms in total. The summed E-state index contributed by atoms with van der Waals surface area (Å²) in [4.78, 5) is 22.7. The van der Waals surface area contributed by atoms with Gasteiger partial charge < -0.3 is 4.90 Å². The van der Waals surface area contributed by atoms with E-state index < -0.39 is 0 Å². The van der Waals surface area contributed by atoms with Crippen LogP contribution in [0.4, 0.5) is 0 Å². The van der Waals surface area contributed by atoms with Crippen LogP contribution in [0, 0.1) is 0 Å². The minimum Gasteiger partial charge on any atom is -0.331 e. The molecule has 5 heteroatoms. The molecule has 0 aromatic carbocycles. The van der Waals surface area contributed by atoms with Crippen LogP contribution >= 0.6 is 11.8 Å². The Balaban J connectivity index is 1.80. The maximum atomic E-state index is 12.5. The Morgan fingerprint density at radius 3 is 2.61 bits per heavy atom. The van der Waals surface area contributed by atoms with Gasteiger partial charge in [0.15, 0.2) is 0 Å². The maximum Gasteiger partial charge on any atom is 0.274 e. The second kappa shape index (κ2) is 4.88. The molecule has 0 radical (unpaired) electrons. The molecule has 96 valence electrons. The number of hydrogen-bond donors (Lipinski definition) is 0. The molecule has 3 heterocycles. The summed E-state index contributed by atoms with van der Waals surface area (Å²) in [5.74, 6) is 0.0650. The lowest BCUT2D eigenvalue weighted by Gasteiger charge is -2.38. The zero-order valence-electron chi connectivity index (χ0n) is 10.5. The Bertz CT molecular complexity index is 425. The van der Waals surface area contributed by atoms with Crippen LogP contribution in [-0.2, 0) is 0 Å². The maximum absolute atomic E-state index is 12.5. The van der Waals surface area contributed by atoms with Gasteiger partial charge in [-0.3, -0.25) is 9.78 Å². The summed E-state index contributed by atoms with van der Waals surface area (Å²) < 4.78 is 0. The number of piperidine rings is 1. The van der Waals surface area contributed by atoms with Crippen molar-refractivity contribution >= 4 is 17.7 Å². The first-order chi connectivity index (χ1) is 8.79. The van der Waals surface area contributed by atoms with Crippen molar-refractivity contribution in [1.29, 1.82) is 0 Å². The van der Waals surface area contributed by atoms with Crippen LogP contribution in [0.2, 0.25) is 0 Å². The van der Waals surface area contributed by atoms with Crippen molar-refractivity contribution in [1.82, 2.24) is 14.9 Å².